The third kappa shape index (κ3) is 4.84. The molecule has 2 aromatic rings. The number of methoxy groups -OCH3 is 1. The van der Waals surface area contributed by atoms with E-state index in [9.17, 15) is 5.11 Å². The number of phenolic OH excluding ortho intramolecular Hbond substituents is 1. The normalized spacial score (nSPS) is 16.8. The number of hydrogen-bond acceptors (Lipinski definition) is 5. The number of phenols is 1. The largest absolute Gasteiger partial charge is 0.508 e. The Morgan fingerprint density at radius 2 is 1.86 bits per heavy atom. The minimum Gasteiger partial charge on any atom is -0.508 e. The summed E-state index contributed by atoms with van der Waals surface area (Å²) in [4.78, 5) is 2.20. The summed E-state index contributed by atoms with van der Waals surface area (Å²) in [6.07, 6.45) is 2.47. The highest BCUT2D eigenvalue weighted by Gasteiger charge is 2.54. The summed E-state index contributed by atoms with van der Waals surface area (Å²) in [6, 6.07) is 19.1. The highest BCUT2D eigenvalue weighted by atomic mass is 16.5. The highest BCUT2D eigenvalue weighted by Crippen LogP contribution is 2.54. The zero-order valence-electron chi connectivity index (χ0n) is 17.1. The predicted octanol–water partition coefficient (Wildman–Crippen LogP) is 4.18. The molecule has 3 rings (SSSR count). The van der Waals surface area contributed by atoms with Gasteiger partial charge in [0.25, 0.3) is 0 Å². The van der Waals surface area contributed by atoms with Gasteiger partial charge in [-0.2, -0.15) is 5.26 Å². The molecule has 1 saturated carbocycles. The van der Waals surface area contributed by atoms with Crippen LogP contribution in [0.4, 0.5) is 0 Å². The van der Waals surface area contributed by atoms with Crippen molar-refractivity contribution < 1.29 is 9.84 Å². The Kier molecular flexibility index (Phi) is 6.68. The third-order valence-electron chi connectivity index (χ3n) is 5.89. The zero-order valence-corrected chi connectivity index (χ0v) is 17.1. The maximum absolute atomic E-state index is 9.64. The van der Waals surface area contributed by atoms with Gasteiger partial charge in [-0.3, -0.25) is 0 Å². The van der Waals surface area contributed by atoms with Gasteiger partial charge in [-0.15, -0.1) is 0 Å². The Bertz CT molecular complexity index is 854. The molecule has 1 aliphatic carbocycles. The van der Waals surface area contributed by atoms with Crippen molar-refractivity contribution in [2.75, 3.05) is 27.2 Å². The molecule has 0 amide bonds. The van der Waals surface area contributed by atoms with Crippen LogP contribution in [-0.4, -0.2) is 49.1 Å². The van der Waals surface area contributed by atoms with Crippen LogP contribution in [-0.2, 0) is 4.74 Å². The summed E-state index contributed by atoms with van der Waals surface area (Å²) in [7, 11) is 3.78. The van der Waals surface area contributed by atoms with E-state index in [1.807, 2.05) is 25.2 Å². The van der Waals surface area contributed by atoms with Crippen LogP contribution < -0.4 is 0 Å². The van der Waals surface area contributed by atoms with E-state index in [-0.39, 0.29) is 23.2 Å². The number of nitriles is 1. The molecule has 0 aliphatic heterocycles. The van der Waals surface area contributed by atoms with Gasteiger partial charge in [-0.05, 0) is 55.3 Å². The van der Waals surface area contributed by atoms with Crippen molar-refractivity contribution >= 4 is 5.71 Å². The first-order chi connectivity index (χ1) is 14.0. The number of ether oxygens (including phenoxy) is 1. The molecule has 2 aromatic carbocycles. The fraction of sp³-hybridized carbons (Fsp3) is 0.417. The fourth-order valence-electron chi connectivity index (χ4n) is 4.26. The van der Waals surface area contributed by atoms with E-state index in [1.165, 1.54) is 0 Å². The molecule has 0 spiro atoms. The van der Waals surface area contributed by atoms with Gasteiger partial charge in [0, 0.05) is 37.7 Å². The summed E-state index contributed by atoms with van der Waals surface area (Å²) in [5.41, 5.74) is 2.31. The number of aromatic hydroxyl groups is 1. The Hall–Kier alpha value is -2.68. The summed E-state index contributed by atoms with van der Waals surface area (Å²) in [5, 5.41) is 27.5. The molecule has 2 unspecified atom stereocenters. The quantitative estimate of drug-likeness (QED) is 0.595. The molecule has 0 aromatic heterocycles. The second-order valence-corrected chi connectivity index (χ2v) is 8.01. The SMILES string of the molecule is COC(C(C(=N)c1ccc(O)cc1)c1ccccc1)C1(CN(C)CCC#N)CC1. The van der Waals surface area contributed by atoms with E-state index < -0.39 is 0 Å². The maximum Gasteiger partial charge on any atom is 0.115 e. The highest BCUT2D eigenvalue weighted by molar-refractivity contribution is 6.03. The second kappa shape index (κ2) is 9.21. The first kappa shape index (κ1) is 21.0. The van der Waals surface area contributed by atoms with Crippen LogP contribution in [0.5, 0.6) is 5.75 Å². The van der Waals surface area contributed by atoms with Crippen LogP contribution >= 0.6 is 0 Å². The van der Waals surface area contributed by atoms with Crippen molar-refractivity contribution in [3.05, 3.63) is 65.7 Å². The Balaban J connectivity index is 1.93. The number of benzene rings is 2. The lowest BCUT2D eigenvalue weighted by molar-refractivity contribution is 0.0194. The molecule has 5 heteroatoms. The molecule has 29 heavy (non-hydrogen) atoms. The Morgan fingerprint density at radius 1 is 1.21 bits per heavy atom. The minimum atomic E-state index is -0.211. The Morgan fingerprint density at radius 3 is 2.41 bits per heavy atom. The number of nitrogens with zero attached hydrogens (tertiary/aromatic N) is 2. The van der Waals surface area contributed by atoms with Crippen molar-refractivity contribution in [3.8, 4) is 11.8 Å². The average molecular weight is 392 g/mol. The van der Waals surface area contributed by atoms with Crippen molar-refractivity contribution in [2.24, 2.45) is 5.41 Å². The fourth-order valence-corrected chi connectivity index (χ4v) is 4.26. The summed E-state index contributed by atoms with van der Waals surface area (Å²) in [5.74, 6) is -0.0171. The smallest absolute Gasteiger partial charge is 0.115 e. The van der Waals surface area contributed by atoms with Gasteiger partial charge in [-0.1, -0.05) is 30.3 Å². The third-order valence-corrected chi connectivity index (χ3v) is 5.89. The van der Waals surface area contributed by atoms with Crippen LogP contribution in [0.15, 0.2) is 54.6 Å². The number of rotatable bonds is 10. The van der Waals surface area contributed by atoms with E-state index in [0.717, 1.165) is 37.1 Å². The van der Waals surface area contributed by atoms with Crippen LogP contribution in [0.3, 0.4) is 0 Å². The first-order valence-electron chi connectivity index (χ1n) is 10.0. The van der Waals surface area contributed by atoms with Gasteiger partial charge in [0.05, 0.1) is 18.1 Å². The summed E-state index contributed by atoms with van der Waals surface area (Å²) in [6.45, 7) is 1.58. The molecular weight excluding hydrogens is 362 g/mol. The molecule has 2 N–H and O–H groups in total. The van der Waals surface area contributed by atoms with E-state index >= 15 is 0 Å². The molecule has 0 heterocycles. The van der Waals surface area contributed by atoms with Gasteiger partial charge in [0.2, 0.25) is 0 Å². The standard InChI is InChI=1S/C24H29N3O2/c1-27(16-6-15-25)17-24(13-14-24)23(29-2)21(18-7-4-3-5-8-18)22(26)19-9-11-20(28)12-10-19/h3-5,7-12,21,23,26,28H,6,13-14,16-17H2,1-2H3. The molecule has 0 saturated heterocycles. The lowest BCUT2D eigenvalue weighted by Gasteiger charge is -2.36. The van der Waals surface area contributed by atoms with Crippen LogP contribution in [0, 0.1) is 22.2 Å². The average Bonchev–Trinajstić information content (AvgIpc) is 3.51. The molecule has 1 fully saturated rings. The lowest BCUT2D eigenvalue weighted by Crippen LogP contribution is -2.42. The summed E-state index contributed by atoms with van der Waals surface area (Å²) < 4.78 is 6.08. The monoisotopic (exact) mass is 391 g/mol. The van der Waals surface area contributed by atoms with E-state index in [0.29, 0.717) is 12.1 Å². The molecule has 2 atom stereocenters. The molecule has 152 valence electrons. The topological polar surface area (TPSA) is 80.3 Å². The van der Waals surface area contributed by atoms with Crippen molar-refractivity contribution in [2.45, 2.75) is 31.3 Å². The predicted molar refractivity (Wildman–Crippen MR) is 114 cm³/mol. The zero-order chi connectivity index (χ0) is 20.9. The van der Waals surface area contributed by atoms with Gasteiger partial charge in [0.1, 0.15) is 5.75 Å². The molecular formula is C24H29N3O2. The molecule has 1 aliphatic rings. The lowest BCUT2D eigenvalue weighted by atomic mass is 9.78. The number of nitrogens with one attached hydrogen (secondary N) is 1. The van der Waals surface area contributed by atoms with Gasteiger partial charge in [0.15, 0.2) is 0 Å². The summed E-state index contributed by atoms with van der Waals surface area (Å²) >= 11 is 0. The Labute approximate surface area is 173 Å². The van der Waals surface area contributed by atoms with Gasteiger partial charge >= 0.3 is 0 Å². The van der Waals surface area contributed by atoms with Crippen molar-refractivity contribution in [3.63, 3.8) is 0 Å². The van der Waals surface area contributed by atoms with Crippen LogP contribution in [0.25, 0.3) is 0 Å². The van der Waals surface area contributed by atoms with Gasteiger partial charge < -0.3 is 20.2 Å². The van der Waals surface area contributed by atoms with Crippen LogP contribution in [0.2, 0.25) is 0 Å². The molecule has 0 bridgehead atoms. The molecule has 0 radical (unpaired) electrons. The minimum absolute atomic E-state index is 0.0251. The van der Waals surface area contributed by atoms with Crippen LogP contribution in [0.1, 0.15) is 36.3 Å². The van der Waals surface area contributed by atoms with Gasteiger partial charge in [-0.25, -0.2) is 0 Å². The van der Waals surface area contributed by atoms with Crippen molar-refractivity contribution in [1.82, 2.24) is 4.90 Å². The maximum atomic E-state index is 9.64. The first-order valence-corrected chi connectivity index (χ1v) is 10.0. The van der Waals surface area contributed by atoms with E-state index in [1.54, 1.807) is 31.4 Å². The second-order valence-electron chi connectivity index (χ2n) is 8.01. The van der Waals surface area contributed by atoms with Crippen molar-refractivity contribution in [1.29, 1.82) is 10.7 Å². The van der Waals surface area contributed by atoms with E-state index in [2.05, 4.69) is 23.1 Å². The number of hydrogen-bond donors (Lipinski definition) is 2. The van der Waals surface area contributed by atoms with E-state index in [4.69, 9.17) is 15.4 Å². The molecule has 5 nitrogen and oxygen atoms in total.